The number of nitrogens with one attached hydrogen (secondary N) is 2. The smallest absolute Gasteiger partial charge is 0.191 e. The number of pyridine rings is 1. The van der Waals surface area contributed by atoms with Gasteiger partial charge in [-0.1, -0.05) is 24.3 Å². The molecule has 0 amide bonds. The van der Waals surface area contributed by atoms with E-state index in [1.54, 1.807) is 14.2 Å². The largest absolute Gasteiger partial charge is 0.496 e. The van der Waals surface area contributed by atoms with Crippen molar-refractivity contribution in [2.75, 3.05) is 14.2 Å². The Hall–Kier alpha value is -2.56. The predicted octanol–water partition coefficient (Wildman–Crippen LogP) is 2.26. The van der Waals surface area contributed by atoms with Gasteiger partial charge in [-0.15, -0.1) is 0 Å². The van der Waals surface area contributed by atoms with Gasteiger partial charge in [-0.25, -0.2) is 0 Å². The molecule has 2 rings (SSSR count). The van der Waals surface area contributed by atoms with Crippen LogP contribution in [0.5, 0.6) is 5.75 Å². The SMILES string of the molecule is CN=C(NCc1cccc(C)n1)NCc1ccccc1OC. The molecule has 0 aliphatic rings. The average molecular weight is 298 g/mol. The van der Waals surface area contributed by atoms with E-state index in [4.69, 9.17) is 4.74 Å². The monoisotopic (exact) mass is 298 g/mol. The van der Waals surface area contributed by atoms with Gasteiger partial charge in [0.1, 0.15) is 5.75 Å². The maximum Gasteiger partial charge on any atom is 0.191 e. The van der Waals surface area contributed by atoms with Crippen LogP contribution in [0, 0.1) is 6.92 Å². The number of benzene rings is 1. The third kappa shape index (κ3) is 4.48. The van der Waals surface area contributed by atoms with E-state index in [9.17, 15) is 0 Å². The molecule has 5 nitrogen and oxygen atoms in total. The highest BCUT2D eigenvalue weighted by Gasteiger charge is 2.03. The Morgan fingerprint density at radius 3 is 2.59 bits per heavy atom. The fourth-order valence-corrected chi connectivity index (χ4v) is 2.12. The molecule has 0 saturated heterocycles. The second-order valence-electron chi connectivity index (χ2n) is 4.86. The lowest BCUT2D eigenvalue weighted by Gasteiger charge is -2.13. The van der Waals surface area contributed by atoms with Crippen LogP contribution in [0.15, 0.2) is 47.5 Å². The lowest BCUT2D eigenvalue weighted by molar-refractivity contribution is 0.409. The van der Waals surface area contributed by atoms with Gasteiger partial charge in [0, 0.05) is 24.8 Å². The van der Waals surface area contributed by atoms with Gasteiger partial charge in [0.25, 0.3) is 0 Å². The number of rotatable bonds is 5. The van der Waals surface area contributed by atoms with Crippen LogP contribution in [0.3, 0.4) is 0 Å². The van der Waals surface area contributed by atoms with Crippen molar-refractivity contribution in [2.24, 2.45) is 4.99 Å². The number of ether oxygens (including phenoxy) is 1. The van der Waals surface area contributed by atoms with Crippen molar-refractivity contribution < 1.29 is 4.74 Å². The van der Waals surface area contributed by atoms with Gasteiger partial charge in [-0.3, -0.25) is 9.98 Å². The standard InChI is InChI=1S/C17H22N4O/c1-13-7-6-9-15(21-13)12-20-17(18-2)19-11-14-8-4-5-10-16(14)22-3/h4-10H,11-12H2,1-3H3,(H2,18,19,20). The van der Waals surface area contributed by atoms with E-state index in [2.05, 4.69) is 20.6 Å². The van der Waals surface area contributed by atoms with Crippen LogP contribution < -0.4 is 15.4 Å². The van der Waals surface area contributed by atoms with Crippen LogP contribution in [0.4, 0.5) is 0 Å². The summed E-state index contributed by atoms with van der Waals surface area (Å²) in [5, 5.41) is 6.53. The zero-order chi connectivity index (χ0) is 15.8. The van der Waals surface area contributed by atoms with Gasteiger partial charge in [0.2, 0.25) is 0 Å². The minimum Gasteiger partial charge on any atom is -0.496 e. The van der Waals surface area contributed by atoms with Gasteiger partial charge in [-0.2, -0.15) is 0 Å². The minimum absolute atomic E-state index is 0.632. The first-order valence-electron chi connectivity index (χ1n) is 7.22. The number of methoxy groups -OCH3 is 1. The highest BCUT2D eigenvalue weighted by Crippen LogP contribution is 2.16. The van der Waals surface area contributed by atoms with Crippen LogP contribution in [0.1, 0.15) is 17.0 Å². The molecule has 0 spiro atoms. The topological polar surface area (TPSA) is 58.5 Å². The van der Waals surface area contributed by atoms with E-state index in [0.29, 0.717) is 13.1 Å². The van der Waals surface area contributed by atoms with Gasteiger partial charge in [0.05, 0.1) is 19.3 Å². The summed E-state index contributed by atoms with van der Waals surface area (Å²) in [5.74, 6) is 1.60. The number of aryl methyl sites for hydroxylation is 1. The maximum absolute atomic E-state index is 5.34. The Kier molecular flexibility index (Phi) is 5.77. The van der Waals surface area contributed by atoms with E-state index in [1.165, 1.54) is 0 Å². The first-order chi connectivity index (χ1) is 10.7. The Morgan fingerprint density at radius 1 is 1.09 bits per heavy atom. The molecule has 1 aromatic carbocycles. The summed E-state index contributed by atoms with van der Waals surface area (Å²) < 4.78 is 5.34. The second kappa shape index (κ2) is 8.02. The molecule has 5 heteroatoms. The Balaban J connectivity index is 1.90. The van der Waals surface area contributed by atoms with E-state index in [-0.39, 0.29) is 0 Å². The molecule has 0 unspecified atom stereocenters. The third-order valence-electron chi connectivity index (χ3n) is 3.25. The average Bonchev–Trinajstić information content (AvgIpc) is 2.55. The number of aromatic nitrogens is 1. The van der Waals surface area contributed by atoms with Gasteiger partial charge in [0.15, 0.2) is 5.96 Å². The molecule has 0 fully saturated rings. The number of nitrogens with zero attached hydrogens (tertiary/aromatic N) is 2. The van der Waals surface area contributed by atoms with Gasteiger partial charge < -0.3 is 15.4 Å². The van der Waals surface area contributed by atoms with Crippen molar-refractivity contribution in [1.82, 2.24) is 15.6 Å². The first kappa shape index (κ1) is 15.8. The minimum atomic E-state index is 0.632. The molecule has 0 aliphatic carbocycles. The van der Waals surface area contributed by atoms with Crippen molar-refractivity contribution in [1.29, 1.82) is 0 Å². The van der Waals surface area contributed by atoms with Crippen molar-refractivity contribution in [3.05, 3.63) is 59.4 Å². The van der Waals surface area contributed by atoms with E-state index in [1.807, 2.05) is 49.4 Å². The van der Waals surface area contributed by atoms with E-state index >= 15 is 0 Å². The summed E-state index contributed by atoms with van der Waals surface area (Å²) in [6.45, 7) is 3.26. The molecule has 1 heterocycles. The van der Waals surface area contributed by atoms with Crippen molar-refractivity contribution in [3.8, 4) is 5.75 Å². The van der Waals surface area contributed by atoms with Crippen LogP contribution in [0.25, 0.3) is 0 Å². The lowest BCUT2D eigenvalue weighted by atomic mass is 10.2. The van der Waals surface area contributed by atoms with Crippen molar-refractivity contribution in [3.63, 3.8) is 0 Å². The van der Waals surface area contributed by atoms with Crippen LogP contribution in [-0.4, -0.2) is 25.1 Å². The number of hydrogen-bond donors (Lipinski definition) is 2. The first-order valence-corrected chi connectivity index (χ1v) is 7.22. The second-order valence-corrected chi connectivity index (χ2v) is 4.86. The quantitative estimate of drug-likeness (QED) is 0.657. The molecule has 2 N–H and O–H groups in total. The molecular formula is C17H22N4O. The lowest BCUT2D eigenvalue weighted by Crippen LogP contribution is -2.36. The Morgan fingerprint density at radius 2 is 1.86 bits per heavy atom. The fourth-order valence-electron chi connectivity index (χ4n) is 2.12. The third-order valence-corrected chi connectivity index (χ3v) is 3.25. The summed E-state index contributed by atoms with van der Waals surface area (Å²) in [4.78, 5) is 8.68. The number of aliphatic imine (C=N–C) groups is 1. The molecule has 1 aromatic heterocycles. The molecular weight excluding hydrogens is 276 g/mol. The van der Waals surface area contributed by atoms with E-state index < -0.39 is 0 Å². The van der Waals surface area contributed by atoms with Crippen LogP contribution in [0.2, 0.25) is 0 Å². The maximum atomic E-state index is 5.34. The van der Waals surface area contributed by atoms with Gasteiger partial charge >= 0.3 is 0 Å². The zero-order valence-electron chi connectivity index (χ0n) is 13.3. The highest BCUT2D eigenvalue weighted by molar-refractivity contribution is 5.79. The molecule has 0 atom stereocenters. The summed E-state index contributed by atoms with van der Waals surface area (Å²) >= 11 is 0. The predicted molar refractivity (Wildman–Crippen MR) is 89.0 cm³/mol. The molecule has 22 heavy (non-hydrogen) atoms. The fraction of sp³-hybridized carbons (Fsp3) is 0.294. The Labute approximate surface area is 131 Å². The molecule has 0 radical (unpaired) electrons. The number of hydrogen-bond acceptors (Lipinski definition) is 3. The molecule has 0 aliphatic heterocycles. The summed E-state index contributed by atoms with van der Waals surface area (Å²) in [6, 6.07) is 13.9. The molecule has 116 valence electrons. The highest BCUT2D eigenvalue weighted by atomic mass is 16.5. The van der Waals surface area contributed by atoms with Crippen molar-refractivity contribution >= 4 is 5.96 Å². The zero-order valence-corrected chi connectivity index (χ0v) is 13.3. The van der Waals surface area contributed by atoms with Crippen LogP contribution >= 0.6 is 0 Å². The number of guanidine groups is 1. The normalized spacial score (nSPS) is 11.1. The van der Waals surface area contributed by atoms with Gasteiger partial charge in [-0.05, 0) is 25.1 Å². The molecule has 0 bridgehead atoms. The summed E-state index contributed by atoms with van der Waals surface area (Å²) in [5.41, 5.74) is 3.08. The summed E-state index contributed by atoms with van der Waals surface area (Å²) in [6.07, 6.45) is 0. The molecule has 0 saturated carbocycles. The Bertz CT molecular complexity index is 640. The van der Waals surface area contributed by atoms with Crippen molar-refractivity contribution in [2.45, 2.75) is 20.0 Å². The number of para-hydroxylation sites is 1. The molecule has 2 aromatic rings. The van der Waals surface area contributed by atoms with Crippen LogP contribution in [-0.2, 0) is 13.1 Å². The summed E-state index contributed by atoms with van der Waals surface area (Å²) in [7, 11) is 3.43. The van der Waals surface area contributed by atoms with E-state index in [0.717, 1.165) is 28.7 Å².